The Labute approximate surface area is 160 Å². The molecule has 6 heteroatoms. The highest BCUT2D eigenvalue weighted by molar-refractivity contribution is 5.95. The smallest absolute Gasteiger partial charge is 0.315 e. The monoisotopic (exact) mass is 369 g/mol. The fourth-order valence-electron chi connectivity index (χ4n) is 2.76. The van der Waals surface area contributed by atoms with Crippen molar-refractivity contribution in [1.82, 2.24) is 10.6 Å². The second-order valence-electron chi connectivity index (χ2n) is 6.71. The van der Waals surface area contributed by atoms with Gasteiger partial charge in [0, 0.05) is 0 Å². The lowest BCUT2D eigenvalue weighted by molar-refractivity contribution is -0.115. The predicted octanol–water partition coefficient (Wildman–Crippen LogP) is 3.64. The molecular weight excluding hydrogens is 342 g/mol. The maximum absolute atomic E-state index is 12.2. The molecule has 0 heterocycles. The molecule has 1 atom stereocenters. The molecule has 27 heavy (non-hydrogen) atoms. The number of benzene rings is 2. The summed E-state index contributed by atoms with van der Waals surface area (Å²) in [6.45, 7) is 5.86. The lowest BCUT2D eigenvalue weighted by Gasteiger charge is -2.23. The molecule has 0 aliphatic carbocycles. The highest BCUT2D eigenvalue weighted by Crippen LogP contribution is 2.25. The number of aryl methyl sites for hydroxylation is 1. The zero-order chi connectivity index (χ0) is 19.8. The first kappa shape index (κ1) is 20.3. The summed E-state index contributed by atoms with van der Waals surface area (Å²) in [4.78, 5) is 24.4. The largest absolute Gasteiger partial charge is 0.495 e. The van der Waals surface area contributed by atoms with Crippen molar-refractivity contribution in [3.8, 4) is 5.75 Å². The highest BCUT2D eigenvalue weighted by Gasteiger charge is 2.18. The van der Waals surface area contributed by atoms with Gasteiger partial charge >= 0.3 is 6.03 Å². The molecule has 2 aromatic carbocycles. The van der Waals surface area contributed by atoms with Gasteiger partial charge in [-0.3, -0.25) is 4.79 Å². The zero-order valence-electron chi connectivity index (χ0n) is 16.2. The van der Waals surface area contributed by atoms with Gasteiger partial charge in [-0.25, -0.2) is 4.79 Å². The van der Waals surface area contributed by atoms with Crippen LogP contribution in [0.1, 0.15) is 31.0 Å². The summed E-state index contributed by atoms with van der Waals surface area (Å²) in [5.41, 5.74) is 2.60. The summed E-state index contributed by atoms with van der Waals surface area (Å²) in [5, 5.41) is 8.29. The van der Waals surface area contributed by atoms with Crippen molar-refractivity contribution in [2.75, 3.05) is 19.0 Å². The molecule has 0 aliphatic heterocycles. The molecule has 0 saturated carbocycles. The summed E-state index contributed by atoms with van der Waals surface area (Å²) < 4.78 is 5.24. The lowest BCUT2D eigenvalue weighted by Crippen LogP contribution is -2.42. The molecule has 144 valence electrons. The number of carbonyl (C=O) groups excluding carboxylic acids is 2. The van der Waals surface area contributed by atoms with E-state index in [9.17, 15) is 9.59 Å². The molecule has 0 fully saturated rings. The van der Waals surface area contributed by atoms with Crippen LogP contribution in [-0.4, -0.2) is 25.6 Å². The first-order valence-electron chi connectivity index (χ1n) is 8.94. The Bertz CT molecular complexity index is 775. The number of methoxy groups -OCH3 is 1. The maximum atomic E-state index is 12.2. The van der Waals surface area contributed by atoms with Crippen LogP contribution in [0.15, 0.2) is 48.5 Å². The molecular formula is C21H27N3O3. The third-order valence-electron chi connectivity index (χ3n) is 4.15. The Morgan fingerprint density at radius 1 is 1.07 bits per heavy atom. The Kier molecular flexibility index (Phi) is 7.23. The molecule has 0 aromatic heterocycles. The Hall–Kier alpha value is -3.02. The Balaban J connectivity index is 1.91. The fourth-order valence-corrected chi connectivity index (χ4v) is 2.76. The van der Waals surface area contributed by atoms with Crippen LogP contribution in [0.2, 0.25) is 0 Å². The van der Waals surface area contributed by atoms with Crippen LogP contribution in [0.4, 0.5) is 10.5 Å². The third kappa shape index (κ3) is 6.02. The SMILES string of the molecule is COc1ccc(C)cc1NC(=O)CNC(=O)NC(c1ccccc1)C(C)C. The van der Waals surface area contributed by atoms with Gasteiger partial charge in [-0.15, -0.1) is 0 Å². The summed E-state index contributed by atoms with van der Waals surface area (Å²) in [7, 11) is 1.54. The molecule has 0 bridgehead atoms. The van der Waals surface area contributed by atoms with Gasteiger partial charge in [-0.05, 0) is 36.1 Å². The van der Waals surface area contributed by atoms with E-state index in [1.807, 2.05) is 63.2 Å². The molecule has 2 rings (SSSR count). The summed E-state index contributed by atoms with van der Waals surface area (Å²) in [6.07, 6.45) is 0. The van der Waals surface area contributed by atoms with Crippen molar-refractivity contribution in [3.63, 3.8) is 0 Å². The Morgan fingerprint density at radius 2 is 1.78 bits per heavy atom. The van der Waals surface area contributed by atoms with Gasteiger partial charge in [0.15, 0.2) is 0 Å². The van der Waals surface area contributed by atoms with Gasteiger partial charge < -0.3 is 20.7 Å². The van der Waals surface area contributed by atoms with E-state index in [1.165, 1.54) is 0 Å². The molecule has 0 saturated heterocycles. The van der Waals surface area contributed by atoms with Crippen LogP contribution in [0.3, 0.4) is 0 Å². The number of anilines is 1. The van der Waals surface area contributed by atoms with E-state index >= 15 is 0 Å². The van der Waals surface area contributed by atoms with Crippen molar-refractivity contribution in [1.29, 1.82) is 0 Å². The van der Waals surface area contributed by atoms with Crippen LogP contribution < -0.4 is 20.7 Å². The van der Waals surface area contributed by atoms with E-state index in [2.05, 4.69) is 16.0 Å². The minimum atomic E-state index is -0.385. The van der Waals surface area contributed by atoms with Crippen molar-refractivity contribution < 1.29 is 14.3 Å². The van der Waals surface area contributed by atoms with E-state index in [0.717, 1.165) is 11.1 Å². The topological polar surface area (TPSA) is 79.5 Å². The van der Waals surface area contributed by atoms with Crippen molar-refractivity contribution >= 4 is 17.6 Å². The van der Waals surface area contributed by atoms with Crippen LogP contribution in [0.5, 0.6) is 5.75 Å². The third-order valence-corrected chi connectivity index (χ3v) is 4.15. The normalized spacial score (nSPS) is 11.6. The summed E-state index contributed by atoms with van der Waals surface area (Å²) in [6, 6.07) is 14.7. The first-order chi connectivity index (χ1) is 12.9. The number of urea groups is 1. The molecule has 6 nitrogen and oxygen atoms in total. The second kappa shape index (κ2) is 9.62. The summed E-state index contributed by atoms with van der Waals surface area (Å²) in [5.74, 6) is 0.459. The second-order valence-corrected chi connectivity index (χ2v) is 6.71. The predicted molar refractivity (Wildman–Crippen MR) is 107 cm³/mol. The first-order valence-corrected chi connectivity index (χ1v) is 8.94. The highest BCUT2D eigenvalue weighted by atomic mass is 16.5. The van der Waals surface area contributed by atoms with E-state index in [-0.39, 0.29) is 30.4 Å². The lowest BCUT2D eigenvalue weighted by atomic mass is 9.96. The van der Waals surface area contributed by atoms with Gasteiger partial charge in [-0.1, -0.05) is 50.2 Å². The van der Waals surface area contributed by atoms with E-state index in [0.29, 0.717) is 11.4 Å². The fraction of sp³-hybridized carbons (Fsp3) is 0.333. The van der Waals surface area contributed by atoms with Crippen molar-refractivity contribution in [2.45, 2.75) is 26.8 Å². The number of carbonyl (C=O) groups is 2. The zero-order valence-corrected chi connectivity index (χ0v) is 16.2. The average Bonchev–Trinajstić information content (AvgIpc) is 2.65. The van der Waals surface area contributed by atoms with Gasteiger partial charge in [0.05, 0.1) is 25.4 Å². The van der Waals surface area contributed by atoms with Gasteiger partial charge in [-0.2, -0.15) is 0 Å². The number of amides is 3. The van der Waals surface area contributed by atoms with Crippen LogP contribution >= 0.6 is 0 Å². The van der Waals surface area contributed by atoms with E-state index < -0.39 is 0 Å². The Morgan fingerprint density at radius 3 is 2.41 bits per heavy atom. The number of hydrogen-bond acceptors (Lipinski definition) is 3. The number of rotatable bonds is 7. The van der Waals surface area contributed by atoms with E-state index in [1.54, 1.807) is 13.2 Å². The number of ether oxygens (including phenoxy) is 1. The maximum Gasteiger partial charge on any atom is 0.315 e. The number of nitrogens with one attached hydrogen (secondary N) is 3. The minimum Gasteiger partial charge on any atom is -0.495 e. The number of hydrogen-bond donors (Lipinski definition) is 3. The van der Waals surface area contributed by atoms with Gasteiger partial charge in [0.2, 0.25) is 5.91 Å². The van der Waals surface area contributed by atoms with Gasteiger partial charge in [0.1, 0.15) is 5.75 Å². The minimum absolute atomic E-state index is 0.133. The molecule has 1 unspecified atom stereocenters. The molecule has 3 N–H and O–H groups in total. The molecule has 0 radical (unpaired) electrons. The van der Waals surface area contributed by atoms with Crippen LogP contribution in [-0.2, 0) is 4.79 Å². The molecule has 0 aliphatic rings. The average molecular weight is 369 g/mol. The van der Waals surface area contributed by atoms with E-state index in [4.69, 9.17) is 4.74 Å². The standard InChI is InChI=1S/C21H27N3O3/c1-14(2)20(16-8-6-5-7-9-16)24-21(26)22-13-19(25)23-17-12-15(3)10-11-18(17)27-4/h5-12,14,20H,13H2,1-4H3,(H,23,25)(H2,22,24,26). The summed E-state index contributed by atoms with van der Waals surface area (Å²) >= 11 is 0. The quantitative estimate of drug-likeness (QED) is 0.697. The van der Waals surface area contributed by atoms with Crippen molar-refractivity contribution in [3.05, 3.63) is 59.7 Å². The van der Waals surface area contributed by atoms with Crippen LogP contribution in [0.25, 0.3) is 0 Å². The van der Waals surface area contributed by atoms with Gasteiger partial charge in [0.25, 0.3) is 0 Å². The molecule has 0 spiro atoms. The molecule has 3 amide bonds. The van der Waals surface area contributed by atoms with Crippen molar-refractivity contribution in [2.24, 2.45) is 5.92 Å². The van der Waals surface area contributed by atoms with Crippen LogP contribution in [0, 0.1) is 12.8 Å². The molecule has 2 aromatic rings.